The fraction of sp³-hybridized carbons (Fsp3) is 0.365. The molecular weight excluding hydrogens is 999 g/mol. The Bertz CT molecular complexity index is 3260. The van der Waals surface area contributed by atoms with Crippen LogP contribution in [0.1, 0.15) is 73.3 Å². The number of aliphatic hydroxyl groups excluding tert-OH is 1. The molecule has 25 nitrogen and oxygen atoms in total. The Labute approximate surface area is 438 Å². The van der Waals surface area contributed by atoms with Crippen LogP contribution < -0.4 is 59.6 Å². The molecule has 3 aliphatic rings. The fourth-order valence-electron chi connectivity index (χ4n) is 10.00. The summed E-state index contributed by atoms with van der Waals surface area (Å²) in [5.74, 6) is -10.1. The SMILES string of the molecule is C[C@@H](O)[C@@H]1NC(=O)[C@H]2NC(=O)[C@H](CC(N)=O)NC(=O)[C@@H](N)Cc3c[nH]c4c(cccc34)O[C@@H]2c2c[nH]c3cc(ccc23)[C@H](CCCN)[C@@H](C(=O)N[C@@H](CCC(N)=O)C(=O)N[C@@H](Cc2c[nH]c3ccccc23)C(=O)O)NC1=O. The minimum absolute atomic E-state index is 0.00253. The maximum atomic E-state index is 15.1. The van der Waals surface area contributed by atoms with Gasteiger partial charge in [-0.15, -0.1) is 0 Å². The molecule has 0 unspecified atom stereocenters. The third-order valence-corrected chi connectivity index (χ3v) is 14.0. The molecule has 3 aliphatic heterocycles. The van der Waals surface area contributed by atoms with Gasteiger partial charge in [0.1, 0.15) is 42.0 Å². The molecule has 19 N–H and O–H groups in total. The van der Waals surface area contributed by atoms with Crippen LogP contribution >= 0.6 is 0 Å². The monoisotopic (exact) mass is 1060 g/mol. The van der Waals surface area contributed by atoms with Crippen molar-refractivity contribution in [1.82, 2.24) is 46.9 Å². The van der Waals surface area contributed by atoms with Gasteiger partial charge in [-0.2, -0.15) is 0 Å². The quantitative estimate of drug-likeness (QED) is 0.0538. The van der Waals surface area contributed by atoms with E-state index in [2.05, 4.69) is 46.9 Å². The van der Waals surface area contributed by atoms with Gasteiger partial charge >= 0.3 is 5.97 Å². The summed E-state index contributed by atoms with van der Waals surface area (Å²) in [5.41, 5.74) is 27.0. The first kappa shape index (κ1) is 54.5. The normalized spacial score (nSPS) is 22.3. The van der Waals surface area contributed by atoms with Gasteiger partial charge in [0, 0.05) is 70.1 Å². The number of rotatable bonds is 16. The Morgan fingerprint density at radius 2 is 1.53 bits per heavy atom. The number of carbonyl (C=O) groups is 9. The second-order valence-electron chi connectivity index (χ2n) is 19.4. The number of nitrogens with two attached hydrogens (primary N) is 4. The topological polar surface area (TPSA) is 427 Å². The van der Waals surface area contributed by atoms with Crippen LogP contribution in [0.25, 0.3) is 32.7 Å². The van der Waals surface area contributed by atoms with Crippen molar-refractivity contribution >= 4 is 85.9 Å². The number of hydrogen-bond donors (Lipinski definition) is 15. The van der Waals surface area contributed by atoms with Gasteiger partial charge in [0.2, 0.25) is 47.3 Å². The van der Waals surface area contributed by atoms with E-state index >= 15 is 4.79 Å². The van der Waals surface area contributed by atoms with Crippen LogP contribution in [0, 0.1) is 0 Å². The van der Waals surface area contributed by atoms with Gasteiger partial charge in [-0.3, -0.25) is 38.4 Å². The van der Waals surface area contributed by atoms with Gasteiger partial charge in [-0.1, -0.05) is 42.5 Å². The molecule has 8 amide bonds. The molecule has 25 heteroatoms. The Morgan fingerprint density at radius 1 is 0.779 bits per heavy atom. The molecule has 6 aromatic rings. The third kappa shape index (κ3) is 12.2. The number of aromatic nitrogens is 3. The molecule has 6 heterocycles. The Hall–Kier alpha value is -8.81. The third-order valence-electron chi connectivity index (χ3n) is 14.0. The van der Waals surface area contributed by atoms with Crippen LogP contribution in [0.2, 0.25) is 0 Å². The smallest absolute Gasteiger partial charge is 0.326 e. The van der Waals surface area contributed by atoms with Crippen molar-refractivity contribution in [3.05, 3.63) is 102 Å². The molecule has 0 fully saturated rings. The zero-order valence-corrected chi connectivity index (χ0v) is 41.7. The summed E-state index contributed by atoms with van der Waals surface area (Å²) in [6.45, 7) is 1.32. The predicted molar refractivity (Wildman–Crippen MR) is 278 cm³/mol. The van der Waals surface area contributed by atoms with E-state index < -0.39 is 133 Å². The van der Waals surface area contributed by atoms with Gasteiger partial charge < -0.3 is 84.7 Å². The number of H-pyrrole nitrogens is 3. The van der Waals surface area contributed by atoms with E-state index in [4.69, 9.17) is 27.7 Å². The maximum absolute atomic E-state index is 15.1. The van der Waals surface area contributed by atoms with Crippen molar-refractivity contribution in [2.75, 3.05) is 6.54 Å². The number of aliphatic carboxylic acids is 1. The summed E-state index contributed by atoms with van der Waals surface area (Å²) < 4.78 is 6.79. The highest BCUT2D eigenvalue weighted by molar-refractivity contribution is 6.00. The number of para-hydroxylation sites is 2. The summed E-state index contributed by atoms with van der Waals surface area (Å²) in [4.78, 5) is 134. The van der Waals surface area contributed by atoms with Crippen molar-refractivity contribution in [3.63, 3.8) is 0 Å². The summed E-state index contributed by atoms with van der Waals surface area (Å²) >= 11 is 0. The molecule has 3 aromatic carbocycles. The molecule has 9 rings (SSSR count). The first-order chi connectivity index (χ1) is 36.8. The van der Waals surface area contributed by atoms with E-state index in [0.29, 0.717) is 44.9 Å². The average molecular weight is 1060 g/mol. The highest BCUT2D eigenvalue weighted by atomic mass is 16.5. The second kappa shape index (κ2) is 23.4. The summed E-state index contributed by atoms with van der Waals surface area (Å²) in [6, 6.07) is 5.88. The van der Waals surface area contributed by atoms with Crippen molar-refractivity contribution in [2.24, 2.45) is 22.9 Å². The first-order valence-electron chi connectivity index (χ1n) is 25.0. The number of ether oxygens (including phenoxy) is 1. The summed E-state index contributed by atoms with van der Waals surface area (Å²) in [5, 5.41) is 38.8. The number of carbonyl (C=O) groups excluding carboxylic acids is 8. The van der Waals surface area contributed by atoms with E-state index in [-0.39, 0.29) is 37.1 Å². The molecule has 77 heavy (non-hydrogen) atoms. The van der Waals surface area contributed by atoms with Gasteiger partial charge in [0.25, 0.3) is 0 Å². The van der Waals surface area contributed by atoms with Crippen LogP contribution in [0.3, 0.4) is 0 Å². The van der Waals surface area contributed by atoms with Gasteiger partial charge in [0.15, 0.2) is 6.10 Å². The van der Waals surface area contributed by atoms with E-state index in [0.717, 1.165) is 10.9 Å². The molecule has 0 saturated carbocycles. The van der Waals surface area contributed by atoms with Gasteiger partial charge in [-0.05, 0) is 74.0 Å². The number of fused-ring (bicyclic) bond motifs is 8. The molecule has 0 saturated heterocycles. The maximum Gasteiger partial charge on any atom is 0.326 e. The molecule has 3 aromatic heterocycles. The lowest BCUT2D eigenvalue weighted by Crippen LogP contribution is -2.63. The standard InChI is InChI=1S/C52H61N13O12/c1-23(66)41-49(72)64-43(50(73)60-34(13-14-39(55)67)47(70)62-37(52(75)76)18-26-20-57-33-9-3-2-6-27(26)33)28(8-5-15-53)24-11-12-30-31(22-58-35(30)17-24)45-44(51(74)63-41)65-48(71)36(19-40(56)68)61-46(69)32(54)16-25-21-59-42-29(25)7-4-10-38(42)77-45/h2-4,6-7,9-12,17,20-23,28,32,34,36-37,41,43-45,57-59,66H,5,8,13-16,18-19,53-54H2,1H3,(H2,55,67)(H2,56,68)(H,60,73)(H,61,69)(H,62,70)(H,63,74)(H,64,72)(H,65,71)(H,75,76)/t23-,28+,32+,34+,36+,37+,41+,43+,44+,45-/m1/s1. The number of benzene rings is 3. The minimum atomic E-state index is -1.89. The number of primary amides is 2. The number of carboxylic acids is 1. The van der Waals surface area contributed by atoms with Crippen molar-refractivity contribution in [2.45, 2.75) is 112 Å². The first-order valence-corrected chi connectivity index (χ1v) is 25.0. The number of aliphatic hydroxyl groups is 1. The van der Waals surface area contributed by atoms with E-state index in [1.54, 1.807) is 73.1 Å². The molecular formula is C52H61N13O12. The highest BCUT2D eigenvalue weighted by Gasteiger charge is 2.43. The number of hydrogen-bond acceptors (Lipinski definition) is 13. The van der Waals surface area contributed by atoms with Crippen molar-refractivity contribution < 1.29 is 58.1 Å². The zero-order chi connectivity index (χ0) is 55.2. The van der Waals surface area contributed by atoms with Crippen LogP contribution in [-0.2, 0) is 56.0 Å². The molecule has 0 radical (unpaired) electrons. The lowest BCUT2D eigenvalue weighted by molar-refractivity contribution is -0.142. The number of aromatic amines is 3. The molecule has 0 aliphatic carbocycles. The second-order valence-corrected chi connectivity index (χ2v) is 19.4. The highest BCUT2D eigenvalue weighted by Crippen LogP contribution is 2.37. The van der Waals surface area contributed by atoms with Gasteiger partial charge in [0.05, 0.1) is 24.1 Å². The zero-order valence-electron chi connectivity index (χ0n) is 41.7. The van der Waals surface area contributed by atoms with Gasteiger partial charge in [-0.25, -0.2) is 4.79 Å². The molecule has 406 valence electrons. The summed E-state index contributed by atoms with van der Waals surface area (Å²) in [6.07, 6.45) is 0.318. The molecule has 0 spiro atoms. The van der Waals surface area contributed by atoms with Crippen LogP contribution in [0.15, 0.2) is 79.3 Å². The molecule has 8 bridgehead atoms. The average Bonchev–Trinajstić information content (AvgIpc) is 4.18. The lowest BCUT2D eigenvalue weighted by atomic mass is 9.85. The number of nitrogens with one attached hydrogen (secondary N) is 9. The number of amides is 8. The van der Waals surface area contributed by atoms with Crippen molar-refractivity contribution in [3.8, 4) is 5.75 Å². The minimum Gasteiger partial charge on any atom is -0.481 e. The van der Waals surface area contributed by atoms with E-state index in [1.807, 2.05) is 0 Å². The van der Waals surface area contributed by atoms with Crippen LogP contribution in [0.4, 0.5) is 0 Å². The number of carboxylic acid groups (broad SMARTS) is 1. The Balaban J connectivity index is 1.21. The van der Waals surface area contributed by atoms with E-state index in [1.165, 1.54) is 13.1 Å². The Morgan fingerprint density at radius 3 is 2.26 bits per heavy atom. The van der Waals surface area contributed by atoms with Crippen molar-refractivity contribution in [1.29, 1.82) is 0 Å². The predicted octanol–water partition coefficient (Wildman–Crippen LogP) is -1.27. The summed E-state index contributed by atoms with van der Waals surface area (Å²) in [7, 11) is 0. The van der Waals surface area contributed by atoms with Crippen LogP contribution in [0.5, 0.6) is 5.75 Å². The largest absolute Gasteiger partial charge is 0.481 e. The van der Waals surface area contributed by atoms with Crippen LogP contribution in [-0.4, -0.2) is 133 Å². The lowest BCUT2D eigenvalue weighted by Gasteiger charge is -2.34. The Kier molecular flexibility index (Phi) is 16.5. The molecule has 10 atom stereocenters. The fourth-order valence-corrected chi connectivity index (χ4v) is 10.00. The van der Waals surface area contributed by atoms with E-state index in [9.17, 15) is 48.6 Å².